The Morgan fingerprint density at radius 1 is 1.00 bits per heavy atom. The molecule has 0 bridgehead atoms. The van der Waals surface area contributed by atoms with Crippen LogP contribution in [0.2, 0.25) is 0 Å². The van der Waals surface area contributed by atoms with Gasteiger partial charge in [0.25, 0.3) is 0 Å². The van der Waals surface area contributed by atoms with Crippen molar-refractivity contribution in [2.75, 3.05) is 19.6 Å². The van der Waals surface area contributed by atoms with E-state index in [1.165, 1.54) is 0 Å². The third-order valence-electron chi connectivity index (χ3n) is 8.02. The number of nitrogens with two attached hydrogens (primary N) is 3. The van der Waals surface area contributed by atoms with Crippen molar-refractivity contribution in [1.82, 2.24) is 26.6 Å². The summed E-state index contributed by atoms with van der Waals surface area (Å²) in [6, 6.07) is 6.64. The monoisotopic (exact) mass is 665 g/mol. The number of benzene rings is 2. The molecular weight excluding hydrogens is 618 g/mol. The van der Waals surface area contributed by atoms with Gasteiger partial charge in [-0.25, -0.2) is 4.79 Å². The summed E-state index contributed by atoms with van der Waals surface area (Å²) in [7, 11) is 0. The molecule has 12 N–H and O–H groups in total. The first-order chi connectivity index (χ1) is 22.9. The number of aryl methyl sites for hydroxylation is 2. The molecule has 0 saturated carbocycles. The van der Waals surface area contributed by atoms with E-state index in [1.807, 2.05) is 0 Å². The SMILES string of the molecule is Cc1cc(O)cc(C)c1C[C@@H]1NC(=O)[C@H](N)CCCN=C(N)NC(=O)NCCCC[C@@H](C(=O)N[C@@H](CN)C(=O)c2ccccc2)NC1=O. The van der Waals surface area contributed by atoms with Crippen LogP contribution in [0.15, 0.2) is 47.5 Å². The van der Waals surface area contributed by atoms with E-state index in [2.05, 4.69) is 31.6 Å². The van der Waals surface area contributed by atoms with Gasteiger partial charge in [-0.2, -0.15) is 0 Å². The lowest BCUT2D eigenvalue weighted by atomic mass is 9.95. The third kappa shape index (κ3) is 11.3. The van der Waals surface area contributed by atoms with E-state index >= 15 is 0 Å². The molecule has 0 unspecified atom stereocenters. The molecule has 3 rings (SSSR count). The fraction of sp³-hybridized carbons (Fsp3) is 0.455. The number of nitrogens with zero attached hydrogens (tertiary/aromatic N) is 1. The van der Waals surface area contributed by atoms with Gasteiger partial charge in [0.05, 0.1) is 6.04 Å². The van der Waals surface area contributed by atoms with Crippen molar-refractivity contribution >= 4 is 35.5 Å². The number of rotatable bonds is 7. The molecular formula is C33H47N9O6. The van der Waals surface area contributed by atoms with Crippen LogP contribution in [0, 0.1) is 13.8 Å². The maximum absolute atomic E-state index is 13.9. The molecule has 0 radical (unpaired) electrons. The number of phenolic OH excluding ortho intramolecular Hbond substituents is 1. The van der Waals surface area contributed by atoms with Crippen LogP contribution in [0.5, 0.6) is 5.75 Å². The number of carbonyl (C=O) groups excluding carboxylic acids is 5. The summed E-state index contributed by atoms with van der Waals surface area (Å²) in [5, 5.41) is 23.3. The summed E-state index contributed by atoms with van der Waals surface area (Å²) in [6.07, 6.45) is 1.60. The number of hydrogen-bond donors (Lipinski definition) is 9. The molecule has 0 saturated heterocycles. The number of aliphatic imine (C=N–C) groups is 1. The minimum absolute atomic E-state index is 0.0486. The van der Waals surface area contributed by atoms with Crippen LogP contribution in [0.25, 0.3) is 0 Å². The number of hydrogen-bond acceptors (Lipinski definition) is 10. The first-order valence-electron chi connectivity index (χ1n) is 16.0. The van der Waals surface area contributed by atoms with Crippen molar-refractivity contribution in [3.05, 3.63) is 64.7 Å². The molecule has 5 amide bonds. The standard InChI is InChI=1S/C33H47N9O6/c1-19-15-22(43)16-20(2)23(19)17-26-31(47)39-25(30(46)41-27(18-34)28(44)21-9-4-3-5-10-21)12-6-7-13-38-33(48)42-32(36)37-14-8-11-24(35)29(45)40-26/h3-5,9-10,15-16,24-27,43H,6-8,11-14,17-18,34-35H2,1-2H3,(H,39,47)(H,40,45)(H,41,46)(H4,36,37,38,42,48)/t24-,25+,26+,27+/m1/s1. The van der Waals surface area contributed by atoms with Crippen LogP contribution < -0.4 is 43.8 Å². The van der Waals surface area contributed by atoms with Crippen LogP contribution in [0.1, 0.15) is 59.2 Å². The maximum Gasteiger partial charge on any atom is 0.321 e. The average Bonchev–Trinajstić information content (AvgIpc) is 3.05. The molecule has 0 fully saturated rings. The van der Waals surface area contributed by atoms with Gasteiger partial charge in [0, 0.05) is 31.6 Å². The van der Waals surface area contributed by atoms with Crippen molar-refractivity contribution in [2.24, 2.45) is 22.2 Å². The number of ketones is 1. The lowest BCUT2D eigenvalue weighted by molar-refractivity contribution is -0.132. The topological polar surface area (TPSA) is 256 Å². The minimum Gasteiger partial charge on any atom is -0.508 e. The predicted octanol–water partition coefficient (Wildman–Crippen LogP) is -0.247. The second kappa shape index (κ2) is 18.4. The lowest BCUT2D eigenvalue weighted by Gasteiger charge is -2.26. The van der Waals surface area contributed by atoms with Crippen molar-refractivity contribution in [2.45, 2.75) is 76.5 Å². The summed E-state index contributed by atoms with van der Waals surface area (Å²) < 4.78 is 0. The second-order valence-electron chi connectivity index (χ2n) is 11.8. The molecule has 15 nitrogen and oxygen atoms in total. The normalized spacial score (nSPS) is 21.0. The van der Waals surface area contributed by atoms with Crippen LogP contribution in [-0.4, -0.2) is 84.4 Å². The van der Waals surface area contributed by atoms with E-state index in [9.17, 15) is 29.1 Å². The van der Waals surface area contributed by atoms with Gasteiger partial charge < -0.3 is 43.6 Å². The molecule has 2 aromatic carbocycles. The zero-order chi connectivity index (χ0) is 35.2. The van der Waals surface area contributed by atoms with Crippen molar-refractivity contribution in [1.29, 1.82) is 0 Å². The van der Waals surface area contributed by atoms with Gasteiger partial charge in [-0.3, -0.25) is 29.5 Å². The molecule has 2 aromatic rings. The van der Waals surface area contributed by atoms with Gasteiger partial charge in [-0.05, 0) is 74.8 Å². The molecule has 15 heteroatoms. The van der Waals surface area contributed by atoms with Crippen LogP contribution in [0.3, 0.4) is 0 Å². The van der Waals surface area contributed by atoms with E-state index in [0.717, 1.165) is 5.56 Å². The Kier molecular flexibility index (Phi) is 14.3. The second-order valence-corrected chi connectivity index (χ2v) is 11.8. The first kappa shape index (κ1) is 37.4. The summed E-state index contributed by atoms with van der Waals surface area (Å²) in [5.74, 6) is -2.28. The zero-order valence-corrected chi connectivity index (χ0v) is 27.4. The Morgan fingerprint density at radius 2 is 1.69 bits per heavy atom. The number of aromatic hydroxyl groups is 1. The quantitative estimate of drug-likeness (QED) is 0.177. The lowest BCUT2D eigenvalue weighted by Crippen LogP contribution is -2.58. The Balaban J connectivity index is 1.90. The van der Waals surface area contributed by atoms with Gasteiger partial charge in [0.1, 0.15) is 23.9 Å². The zero-order valence-electron chi connectivity index (χ0n) is 27.4. The summed E-state index contributed by atoms with van der Waals surface area (Å²) >= 11 is 0. The number of phenols is 1. The van der Waals surface area contributed by atoms with E-state index in [0.29, 0.717) is 36.0 Å². The molecule has 4 atom stereocenters. The number of carbonyl (C=O) groups is 5. The van der Waals surface area contributed by atoms with Gasteiger partial charge in [-0.1, -0.05) is 30.3 Å². The Bertz CT molecular complexity index is 1460. The van der Waals surface area contributed by atoms with Gasteiger partial charge in [0.2, 0.25) is 17.7 Å². The predicted molar refractivity (Wildman–Crippen MR) is 181 cm³/mol. The van der Waals surface area contributed by atoms with Gasteiger partial charge >= 0.3 is 6.03 Å². The molecule has 1 aliphatic heterocycles. The van der Waals surface area contributed by atoms with Crippen molar-refractivity contribution in [3.63, 3.8) is 0 Å². The van der Waals surface area contributed by atoms with Crippen molar-refractivity contribution < 1.29 is 29.1 Å². The fourth-order valence-electron chi connectivity index (χ4n) is 5.35. The Labute approximate surface area is 279 Å². The summed E-state index contributed by atoms with van der Waals surface area (Å²) in [4.78, 5) is 70.2. The highest BCUT2D eigenvalue weighted by atomic mass is 16.3. The van der Waals surface area contributed by atoms with E-state index in [4.69, 9.17) is 17.2 Å². The number of urea groups is 1. The van der Waals surface area contributed by atoms with Gasteiger partial charge in [0.15, 0.2) is 11.7 Å². The highest BCUT2D eigenvalue weighted by Crippen LogP contribution is 2.22. The number of guanidine groups is 1. The largest absolute Gasteiger partial charge is 0.508 e. The van der Waals surface area contributed by atoms with E-state index < -0.39 is 47.9 Å². The number of amides is 5. The molecule has 48 heavy (non-hydrogen) atoms. The molecule has 0 spiro atoms. The number of nitrogens with one attached hydrogen (secondary N) is 5. The highest BCUT2D eigenvalue weighted by Gasteiger charge is 2.31. The van der Waals surface area contributed by atoms with Crippen molar-refractivity contribution in [3.8, 4) is 5.75 Å². The average molecular weight is 666 g/mol. The van der Waals surface area contributed by atoms with Crippen LogP contribution >= 0.6 is 0 Å². The highest BCUT2D eigenvalue weighted by molar-refractivity contribution is 6.03. The first-order valence-corrected chi connectivity index (χ1v) is 16.0. The van der Waals surface area contributed by atoms with Gasteiger partial charge in [-0.15, -0.1) is 0 Å². The summed E-state index contributed by atoms with van der Waals surface area (Å²) in [5.41, 5.74) is 20.4. The number of Topliss-reactive ketones (excluding diaryl/α,β-unsaturated/α-hetero) is 1. The molecule has 1 heterocycles. The Hall–Kier alpha value is -5.02. The molecule has 1 aliphatic rings. The third-order valence-corrected chi connectivity index (χ3v) is 8.02. The molecule has 0 aromatic heterocycles. The van der Waals surface area contributed by atoms with E-state index in [-0.39, 0.29) is 56.4 Å². The molecule has 0 aliphatic carbocycles. The molecule has 260 valence electrons. The smallest absolute Gasteiger partial charge is 0.321 e. The maximum atomic E-state index is 13.9. The fourth-order valence-corrected chi connectivity index (χ4v) is 5.35. The summed E-state index contributed by atoms with van der Waals surface area (Å²) in [6.45, 7) is 3.83. The van der Waals surface area contributed by atoms with Crippen LogP contribution in [0.4, 0.5) is 4.79 Å². The minimum atomic E-state index is -1.14. The van der Waals surface area contributed by atoms with Crippen LogP contribution in [-0.2, 0) is 20.8 Å². The van der Waals surface area contributed by atoms with E-state index in [1.54, 1.807) is 56.3 Å². The Morgan fingerprint density at radius 3 is 2.35 bits per heavy atom.